The van der Waals surface area contributed by atoms with Gasteiger partial charge in [-0.05, 0) is 12.3 Å². The van der Waals surface area contributed by atoms with Gasteiger partial charge in [-0.25, -0.2) is 9.35 Å². The van der Waals surface area contributed by atoms with Crippen molar-refractivity contribution in [1.29, 1.82) is 0 Å². The summed E-state index contributed by atoms with van der Waals surface area (Å²) in [5.41, 5.74) is 0. The molecular weight excluding hydrogens is 188 g/mol. The summed E-state index contributed by atoms with van der Waals surface area (Å²) < 4.78 is 14.8. The number of hydrogen-bond donors (Lipinski definition) is 1. The van der Waals surface area contributed by atoms with Crippen molar-refractivity contribution >= 4 is 15.8 Å². The Kier molecular flexibility index (Phi) is 4.87. The SMILES string of the molecule is C=CC[C@H](C)CS(N)(=O)=NC(C)=O. The lowest BCUT2D eigenvalue weighted by atomic mass is 10.1. The highest BCUT2D eigenvalue weighted by atomic mass is 32.2. The smallest absolute Gasteiger partial charge is 0.251 e. The summed E-state index contributed by atoms with van der Waals surface area (Å²) in [4.78, 5) is 10.6. The number of rotatable bonds is 4. The molecule has 0 heterocycles. The summed E-state index contributed by atoms with van der Waals surface area (Å²) >= 11 is 0. The standard InChI is InChI=1S/C8H16N2O2S/c1-4-5-7(2)6-13(9,12)10-8(3)11/h4,7H,1,5-6H2,2-3H3,(H2,9,10,11,12)/t7-,13?/m0/s1. The van der Waals surface area contributed by atoms with Crippen molar-refractivity contribution in [3.8, 4) is 0 Å². The van der Waals surface area contributed by atoms with Crippen LogP contribution in [0.4, 0.5) is 0 Å². The average molecular weight is 204 g/mol. The van der Waals surface area contributed by atoms with Crippen molar-refractivity contribution in [3.05, 3.63) is 12.7 Å². The third-order valence-corrected chi connectivity index (χ3v) is 2.99. The van der Waals surface area contributed by atoms with E-state index < -0.39 is 15.8 Å². The first-order valence-corrected chi connectivity index (χ1v) is 5.76. The van der Waals surface area contributed by atoms with Gasteiger partial charge < -0.3 is 0 Å². The van der Waals surface area contributed by atoms with E-state index in [2.05, 4.69) is 10.9 Å². The van der Waals surface area contributed by atoms with Gasteiger partial charge in [0.2, 0.25) is 0 Å². The van der Waals surface area contributed by atoms with Crippen molar-refractivity contribution in [3.63, 3.8) is 0 Å². The summed E-state index contributed by atoms with van der Waals surface area (Å²) in [6.45, 7) is 6.69. The fraction of sp³-hybridized carbons (Fsp3) is 0.625. The van der Waals surface area contributed by atoms with E-state index in [9.17, 15) is 9.00 Å². The first-order valence-electron chi connectivity index (χ1n) is 4.01. The largest absolute Gasteiger partial charge is 0.272 e. The van der Waals surface area contributed by atoms with Crippen LogP contribution in [0.2, 0.25) is 0 Å². The molecule has 76 valence electrons. The van der Waals surface area contributed by atoms with E-state index in [0.717, 1.165) is 6.42 Å². The number of carbonyl (C=O) groups excluding carboxylic acids is 1. The van der Waals surface area contributed by atoms with E-state index in [4.69, 9.17) is 5.14 Å². The maximum atomic E-state index is 11.4. The van der Waals surface area contributed by atoms with E-state index in [1.54, 1.807) is 6.08 Å². The Morgan fingerprint density at radius 3 is 2.69 bits per heavy atom. The summed E-state index contributed by atoms with van der Waals surface area (Å²) in [6.07, 6.45) is 2.45. The Hall–Kier alpha value is -0.680. The molecule has 0 radical (unpaired) electrons. The van der Waals surface area contributed by atoms with Crippen molar-refractivity contribution in [2.24, 2.45) is 15.4 Å². The molecule has 0 fully saturated rings. The molecule has 0 rings (SSSR count). The third-order valence-electron chi connectivity index (χ3n) is 1.38. The minimum Gasteiger partial charge on any atom is -0.272 e. The molecule has 0 aliphatic rings. The fourth-order valence-corrected chi connectivity index (χ4v) is 2.48. The minimum absolute atomic E-state index is 0.137. The second-order valence-electron chi connectivity index (χ2n) is 3.10. The predicted molar refractivity (Wildman–Crippen MR) is 54.3 cm³/mol. The van der Waals surface area contributed by atoms with Crippen LogP contribution in [0.3, 0.4) is 0 Å². The van der Waals surface area contributed by atoms with Gasteiger partial charge >= 0.3 is 0 Å². The van der Waals surface area contributed by atoms with Gasteiger partial charge in [0.05, 0.1) is 0 Å². The zero-order chi connectivity index (χ0) is 10.5. The zero-order valence-electron chi connectivity index (χ0n) is 8.03. The molecule has 1 unspecified atom stereocenters. The number of nitrogens with zero attached hydrogens (tertiary/aromatic N) is 1. The topological polar surface area (TPSA) is 72.5 Å². The van der Waals surface area contributed by atoms with Gasteiger partial charge in [-0.1, -0.05) is 13.0 Å². The van der Waals surface area contributed by atoms with Gasteiger partial charge in [-0.2, -0.15) is 0 Å². The van der Waals surface area contributed by atoms with E-state index in [1.165, 1.54) is 6.92 Å². The molecule has 4 nitrogen and oxygen atoms in total. The van der Waals surface area contributed by atoms with E-state index in [0.29, 0.717) is 0 Å². The molecule has 0 saturated carbocycles. The lowest BCUT2D eigenvalue weighted by Crippen LogP contribution is -2.22. The molecule has 2 atom stereocenters. The lowest BCUT2D eigenvalue weighted by molar-refractivity contribution is -0.115. The molecule has 0 aliphatic carbocycles. The maximum Gasteiger partial charge on any atom is 0.251 e. The van der Waals surface area contributed by atoms with Crippen molar-refractivity contribution in [1.82, 2.24) is 0 Å². The zero-order valence-corrected chi connectivity index (χ0v) is 8.84. The molecule has 0 aromatic rings. The Morgan fingerprint density at radius 2 is 2.31 bits per heavy atom. The summed E-state index contributed by atoms with van der Waals surface area (Å²) in [7, 11) is -2.82. The molecule has 1 amide bonds. The molecule has 2 N–H and O–H groups in total. The van der Waals surface area contributed by atoms with Crippen LogP contribution in [-0.4, -0.2) is 15.9 Å². The van der Waals surface area contributed by atoms with Crippen LogP contribution in [0.1, 0.15) is 20.3 Å². The second kappa shape index (κ2) is 5.14. The first-order chi connectivity index (χ1) is 5.87. The molecule has 0 spiro atoms. The predicted octanol–water partition coefficient (Wildman–Crippen LogP) is 1.09. The normalized spacial score (nSPS) is 17.2. The Labute approximate surface area is 79.5 Å². The molecule has 13 heavy (non-hydrogen) atoms. The lowest BCUT2D eigenvalue weighted by Gasteiger charge is -2.08. The number of carbonyl (C=O) groups is 1. The fourth-order valence-electron chi connectivity index (χ4n) is 1.02. The molecule has 5 heteroatoms. The summed E-state index contributed by atoms with van der Waals surface area (Å²) in [5.74, 6) is -0.116. The molecular formula is C8H16N2O2S. The number of amides is 1. The maximum absolute atomic E-state index is 11.4. The quantitative estimate of drug-likeness (QED) is 0.696. The minimum atomic E-state index is -2.82. The average Bonchev–Trinajstić information content (AvgIpc) is 1.81. The Bertz CT molecular complexity index is 303. The van der Waals surface area contributed by atoms with Gasteiger partial charge in [-0.15, -0.1) is 10.9 Å². The van der Waals surface area contributed by atoms with Crippen LogP contribution in [0, 0.1) is 5.92 Å². The molecule has 0 bridgehead atoms. The van der Waals surface area contributed by atoms with Crippen molar-refractivity contribution < 1.29 is 9.00 Å². The highest BCUT2D eigenvalue weighted by Crippen LogP contribution is 2.05. The van der Waals surface area contributed by atoms with Crippen molar-refractivity contribution in [2.45, 2.75) is 20.3 Å². The van der Waals surface area contributed by atoms with Crippen LogP contribution in [0.15, 0.2) is 17.0 Å². The molecule has 0 aliphatic heterocycles. The highest BCUT2D eigenvalue weighted by molar-refractivity contribution is 7.91. The van der Waals surface area contributed by atoms with Crippen LogP contribution < -0.4 is 5.14 Å². The first kappa shape index (κ1) is 12.3. The third kappa shape index (κ3) is 6.48. The number of allylic oxidation sites excluding steroid dienone is 1. The Morgan fingerprint density at radius 1 is 1.77 bits per heavy atom. The van der Waals surface area contributed by atoms with Gasteiger partial charge in [-0.3, -0.25) is 4.79 Å². The van der Waals surface area contributed by atoms with E-state index >= 15 is 0 Å². The number of hydrogen-bond acceptors (Lipinski definition) is 2. The molecule has 0 aromatic carbocycles. The van der Waals surface area contributed by atoms with Gasteiger partial charge in [0.25, 0.3) is 5.91 Å². The van der Waals surface area contributed by atoms with Crippen LogP contribution in [0.5, 0.6) is 0 Å². The van der Waals surface area contributed by atoms with Crippen LogP contribution >= 0.6 is 0 Å². The van der Waals surface area contributed by atoms with Gasteiger partial charge in [0.15, 0.2) is 0 Å². The van der Waals surface area contributed by atoms with Crippen LogP contribution in [-0.2, 0) is 14.7 Å². The summed E-state index contributed by atoms with van der Waals surface area (Å²) in [6, 6.07) is 0. The van der Waals surface area contributed by atoms with Gasteiger partial charge in [0.1, 0.15) is 9.92 Å². The van der Waals surface area contributed by atoms with Gasteiger partial charge in [0, 0.05) is 12.7 Å². The Balaban J connectivity index is 4.42. The molecule has 0 aromatic heterocycles. The second-order valence-corrected chi connectivity index (χ2v) is 4.99. The highest BCUT2D eigenvalue weighted by Gasteiger charge is 2.09. The van der Waals surface area contributed by atoms with Crippen LogP contribution in [0.25, 0.3) is 0 Å². The molecule has 0 saturated heterocycles. The van der Waals surface area contributed by atoms with E-state index in [1.807, 2.05) is 6.92 Å². The van der Waals surface area contributed by atoms with Crippen molar-refractivity contribution in [2.75, 3.05) is 5.75 Å². The van der Waals surface area contributed by atoms with E-state index in [-0.39, 0.29) is 11.7 Å². The monoisotopic (exact) mass is 204 g/mol. The summed E-state index contributed by atoms with van der Waals surface area (Å²) in [5, 5.41) is 5.35. The number of nitrogens with two attached hydrogens (primary N) is 1.